The van der Waals surface area contributed by atoms with Crippen molar-refractivity contribution in [2.45, 2.75) is 53.4 Å². The van der Waals surface area contributed by atoms with Crippen molar-refractivity contribution < 1.29 is 9.59 Å². The molecular formula is C20H26O2. The highest BCUT2D eigenvalue weighted by atomic mass is 16.2. The Morgan fingerprint density at radius 2 is 1.59 bits per heavy atom. The van der Waals surface area contributed by atoms with Crippen molar-refractivity contribution in [2.75, 3.05) is 0 Å². The minimum Gasteiger partial charge on any atom is -0.299 e. The fourth-order valence-corrected chi connectivity index (χ4v) is 3.25. The monoisotopic (exact) mass is 298 g/mol. The molecular weight excluding hydrogens is 272 g/mol. The van der Waals surface area contributed by atoms with Gasteiger partial charge < -0.3 is 0 Å². The van der Waals surface area contributed by atoms with Crippen LogP contribution in [-0.2, 0) is 16.0 Å². The summed E-state index contributed by atoms with van der Waals surface area (Å²) in [7, 11) is 0. The van der Waals surface area contributed by atoms with Crippen LogP contribution >= 0.6 is 0 Å². The summed E-state index contributed by atoms with van der Waals surface area (Å²) in [5, 5.41) is 0. The Kier molecular flexibility index (Phi) is 4.69. The molecule has 118 valence electrons. The van der Waals surface area contributed by atoms with E-state index in [1.807, 2.05) is 64.1 Å². The van der Waals surface area contributed by atoms with Crippen LogP contribution in [0.1, 0.15) is 52.5 Å². The molecule has 2 rings (SSSR count). The number of hydrogen-bond donors (Lipinski definition) is 0. The molecule has 22 heavy (non-hydrogen) atoms. The third-order valence-corrected chi connectivity index (χ3v) is 4.55. The standard InChI is InChI=1S/C20H26O2/c1-15(2)10-11-20(12-16-8-6-5-7-9-16)17(21)13-19(3,4)14-18(20)22/h5-10H,11-14H2,1-4H3. The molecule has 0 aromatic heterocycles. The van der Waals surface area contributed by atoms with Gasteiger partial charge >= 0.3 is 0 Å². The number of Topliss-reactive ketones (excluding diaryl/α,β-unsaturated/α-hetero) is 2. The van der Waals surface area contributed by atoms with Gasteiger partial charge in [0.1, 0.15) is 11.6 Å². The summed E-state index contributed by atoms with van der Waals surface area (Å²) < 4.78 is 0. The molecule has 0 heterocycles. The number of ketones is 2. The number of rotatable bonds is 4. The molecule has 1 aromatic carbocycles. The van der Waals surface area contributed by atoms with Crippen LogP contribution in [0.4, 0.5) is 0 Å². The van der Waals surface area contributed by atoms with Gasteiger partial charge in [0.2, 0.25) is 0 Å². The van der Waals surface area contributed by atoms with Crippen LogP contribution in [0.5, 0.6) is 0 Å². The van der Waals surface area contributed by atoms with Gasteiger partial charge in [-0.25, -0.2) is 0 Å². The van der Waals surface area contributed by atoms with Crippen LogP contribution < -0.4 is 0 Å². The van der Waals surface area contributed by atoms with Gasteiger partial charge in [-0.1, -0.05) is 55.8 Å². The van der Waals surface area contributed by atoms with E-state index in [9.17, 15) is 9.59 Å². The molecule has 1 aromatic rings. The molecule has 1 saturated carbocycles. The lowest BCUT2D eigenvalue weighted by molar-refractivity contribution is -0.148. The third kappa shape index (κ3) is 3.55. The van der Waals surface area contributed by atoms with Gasteiger partial charge in [0, 0.05) is 12.8 Å². The molecule has 1 aliphatic rings. The summed E-state index contributed by atoms with van der Waals surface area (Å²) in [6.07, 6.45) is 4.06. The lowest BCUT2D eigenvalue weighted by Crippen LogP contribution is -2.49. The fraction of sp³-hybridized carbons (Fsp3) is 0.500. The zero-order chi connectivity index (χ0) is 16.4. The van der Waals surface area contributed by atoms with Crippen molar-refractivity contribution in [3.8, 4) is 0 Å². The van der Waals surface area contributed by atoms with Gasteiger partial charge in [-0.15, -0.1) is 0 Å². The summed E-state index contributed by atoms with van der Waals surface area (Å²) in [5.74, 6) is 0.213. The second-order valence-electron chi connectivity index (χ2n) is 7.59. The van der Waals surface area contributed by atoms with Crippen LogP contribution in [0.15, 0.2) is 42.0 Å². The van der Waals surface area contributed by atoms with Gasteiger partial charge in [0.15, 0.2) is 0 Å². The van der Waals surface area contributed by atoms with E-state index in [0.29, 0.717) is 25.7 Å². The molecule has 1 fully saturated rings. The summed E-state index contributed by atoms with van der Waals surface area (Å²) in [6.45, 7) is 8.04. The summed E-state index contributed by atoms with van der Waals surface area (Å²) in [5.41, 5.74) is 1.14. The van der Waals surface area contributed by atoms with Crippen LogP contribution in [0.3, 0.4) is 0 Å². The number of carbonyl (C=O) groups excluding carboxylic acids is 2. The Bertz CT molecular complexity index is 569. The smallest absolute Gasteiger partial charge is 0.147 e. The SMILES string of the molecule is CC(C)=CCC1(Cc2ccccc2)C(=O)CC(C)(C)CC1=O. The third-order valence-electron chi connectivity index (χ3n) is 4.55. The van der Waals surface area contributed by atoms with Crippen LogP contribution in [0.25, 0.3) is 0 Å². The maximum atomic E-state index is 12.9. The second kappa shape index (κ2) is 6.20. The van der Waals surface area contributed by atoms with E-state index < -0.39 is 5.41 Å². The molecule has 0 saturated heterocycles. The van der Waals surface area contributed by atoms with Crippen molar-refractivity contribution in [1.82, 2.24) is 0 Å². The highest BCUT2D eigenvalue weighted by molar-refractivity contribution is 6.10. The molecule has 2 heteroatoms. The Labute approximate surface area is 133 Å². The summed E-state index contributed by atoms with van der Waals surface area (Å²) >= 11 is 0. The van der Waals surface area contributed by atoms with Crippen molar-refractivity contribution in [1.29, 1.82) is 0 Å². The summed E-state index contributed by atoms with van der Waals surface area (Å²) in [4.78, 5) is 25.8. The first kappa shape index (κ1) is 16.7. The van der Waals surface area contributed by atoms with E-state index in [2.05, 4.69) is 0 Å². The highest BCUT2D eigenvalue weighted by Gasteiger charge is 2.50. The minimum atomic E-state index is -0.867. The average molecular weight is 298 g/mol. The zero-order valence-electron chi connectivity index (χ0n) is 14.1. The Balaban J connectivity index is 2.39. The van der Waals surface area contributed by atoms with Crippen molar-refractivity contribution in [3.05, 3.63) is 47.5 Å². The van der Waals surface area contributed by atoms with Gasteiger partial charge in [0.25, 0.3) is 0 Å². The van der Waals surface area contributed by atoms with Crippen LogP contribution in [0.2, 0.25) is 0 Å². The lowest BCUT2D eigenvalue weighted by atomic mass is 9.60. The average Bonchev–Trinajstić information content (AvgIpc) is 2.41. The normalized spacial score (nSPS) is 19.8. The van der Waals surface area contributed by atoms with E-state index in [1.54, 1.807) is 0 Å². The van der Waals surface area contributed by atoms with E-state index in [1.165, 1.54) is 0 Å². The Hall–Kier alpha value is -1.70. The number of carbonyl (C=O) groups is 2. The molecule has 0 aliphatic heterocycles. The lowest BCUT2D eigenvalue weighted by Gasteiger charge is -2.40. The predicted molar refractivity (Wildman–Crippen MR) is 89.7 cm³/mol. The molecule has 0 N–H and O–H groups in total. The molecule has 0 spiro atoms. The Morgan fingerprint density at radius 1 is 1.05 bits per heavy atom. The van der Waals surface area contributed by atoms with Gasteiger partial charge in [0.05, 0.1) is 5.41 Å². The first-order valence-electron chi connectivity index (χ1n) is 7.99. The van der Waals surface area contributed by atoms with Crippen molar-refractivity contribution >= 4 is 11.6 Å². The second-order valence-corrected chi connectivity index (χ2v) is 7.59. The number of benzene rings is 1. The number of allylic oxidation sites excluding steroid dienone is 2. The van der Waals surface area contributed by atoms with Gasteiger partial charge in [-0.05, 0) is 37.7 Å². The maximum Gasteiger partial charge on any atom is 0.147 e. The van der Waals surface area contributed by atoms with E-state index in [0.717, 1.165) is 11.1 Å². The minimum absolute atomic E-state index is 0.107. The molecule has 0 amide bonds. The quantitative estimate of drug-likeness (QED) is 0.604. The molecule has 0 unspecified atom stereocenters. The van der Waals surface area contributed by atoms with Crippen LogP contribution in [0, 0.1) is 10.8 Å². The van der Waals surface area contributed by atoms with Crippen molar-refractivity contribution in [3.63, 3.8) is 0 Å². The molecule has 0 radical (unpaired) electrons. The highest BCUT2D eigenvalue weighted by Crippen LogP contribution is 2.44. The molecule has 0 atom stereocenters. The van der Waals surface area contributed by atoms with E-state index in [4.69, 9.17) is 0 Å². The Morgan fingerprint density at radius 3 is 2.09 bits per heavy atom. The first-order chi connectivity index (χ1) is 10.3. The number of hydrogen-bond acceptors (Lipinski definition) is 2. The fourth-order valence-electron chi connectivity index (χ4n) is 3.25. The van der Waals surface area contributed by atoms with Crippen molar-refractivity contribution in [2.24, 2.45) is 10.8 Å². The molecule has 0 bridgehead atoms. The largest absolute Gasteiger partial charge is 0.299 e. The topological polar surface area (TPSA) is 34.1 Å². The summed E-state index contributed by atoms with van der Waals surface area (Å²) in [6, 6.07) is 9.90. The predicted octanol–water partition coefficient (Wildman–Crippen LogP) is 4.53. The van der Waals surface area contributed by atoms with Gasteiger partial charge in [-0.2, -0.15) is 0 Å². The van der Waals surface area contributed by atoms with Gasteiger partial charge in [-0.3, -0.25) is 9.59 Å². The maximum absolute atomic E-state index is 12.9. The van der Waals surface area contributed by atoms with Crippen LogP contribution in [-0.4, -0.2) is 11.6 Å². The zero-order valence-corrected chi connectivity index (χ0v) is 14.1. The molecule has 2 nitrogen and oxygen atoms in total. The first-order valence-corrected chi connectivity index (χ1v) is 7.99. The van der Waals surface area contributed by atoms with E-state index in [-0.39, 0.29) is 17.0 Å². The molecule has 1 aliphatic carbocycles. The van der Waals surface area contributed by atoms with E-state index >= 15 is 0 Å².